The molecule has 0 bridgehead atoms. The molecule has 0 saturated carbocycles. The predicted octanol–water partition coefficient (Wildman–Crippen LogP) is 3.97. The van der Waals surface area contributed by atoms with E-state index in [-0.39, 0.29) is 11.3 Å². The van der Waals surface area contributed by atoms with Crippen LogP contribution in [0.2, 0.25) is 0 Å². The fraction of sp³-hybridized carbons (Fsp3) is 0.458. The number of piperidine rings is 1. The van der Waals surface area contributed by atoms with Crippen molar-refractivity contribution < 1.29 is 9.90 Å². The van der Waals surface area contributed by atoms with Gasteiger partial charge in [-0.2, -0.15) is 0 Å². The van der Waals surface area contributed by atoms with Gasteiger partial charge in [0.15, 0.2) is 0 Å². The molecule has 2 aliphatic heterocycles. The zero-order valence-electron chi connectivity index (χ0n) is 16.7. The minimum absolute atomic E-state index is 0.118. The summed E-state index contributed by atoms with van der Waals surface area (Å²) in [5.74, 6) is 0.569. The Morgan fingerprint density at radius 3 is 2.57 bits per heavy atom. The molecule has 1 saturated heterocycles. The van der Waals surface area contributed by atoms with Gasteiger partial charge in [-0.1, -0.05) is 43.3 Å². The van der Waals surface area contributed by atoms with Crippen LogP contribution in [-0.2, 0) is 24.3 Å². The smallest absolute Gasteiger partial charge is 0.222 e. The summed E-state index contributed by atoms with van der Waals surface area (Å²) in [5, 5.41) is 9.54. The average Bonchev–Trinajstić information content (AvgIpc) is 2.85. The number of nitrogens with zero attached hydrogens (tertiary/aromatic N) is 2. The molecule has 1 N–H and O–H groups in total. The van der Waals surface area contributed by atoms with Crippen molar-refractivity contribution in [3.63, 3.8) is 0 Å². The molecule has 4 heteroatoms. The van der Waals surface area contributed by atoms with Crippen molar-refractivity contribution in [2.45, 2.75) is 45.7 Å². The zero-order valence-corrected chi connectivity index (χ0v) is 16.7. The van der Waals surface area contributed by atoms with Crippen LogP contribution in [0.5, 0.6) is 5.75 Å². The second-order valence-electron chi connectivity index (χ2n) is 8.53. The molecule has 2 heterocycles. The lowest BCUT2D eigenvalue weighted by Crippen LogP contribution is -2.50. The number of hydrogen-bond acceptors (Lipinski definition) is 3. The van der Waals surface area contributed by atoms with Gasteiger partial charge >= 0.3 is 0 Å². The largest absolute Gasteiger partial charge is 0.508 e. The van der Waals surface area contributed by atoms with E-state index < -0.39 is 0 Å². The standard InChI is InChI=1S/C24H30N2O2/c1-2-23(28)26-16-21-7-4-3-6-20(21)14-24(18-26)12-5-13-25(17-24)15-19-8-10-22(27)11-9-19/h3-4,6-11,27H,2,5,12-18H2,1H3. The molecule has 1 amide bonds. The summed E-state index contributed by atoms with van der Waals surface area (Å²) in [6.45, 7) is 6.54. The number of phenols is 1. The number of likely N-dealkylation sites (tertiary alicyclic amines) is 1. The molecule has 0 aromatic heterocycles. The van der Waals surface area contributed by atoms with Gasteiger partial charge in [0.05, 0.1) is 0 Å². The summed E-state index contributed by atoms with van der Waals surface area (Å²) in [6.07, 6.45) is 3.94. The highest BCUT2D eigenvalue weighted by molar-refractivity contribution is 5.76. The third-order valence-corrected chi connectivity index (χ3v) is 6.31. The van der Waals surface area contributed by atoms with Crippen LogP contribution in [0.3, 0.4) is 0 Å². The summed E-state index contributed by atoms with van der Waals surface area (Å²) in [7, 11) is 0. The first-order valence-electron chi connectivity index (χ1n) is 10.4. The minimum atomic E-state index is 0.118. The molecule has 4 rings (SSSR count). The van der Waals surface area contributed by atoms with Crippen molar-refractivity contribution >= 4 is 5.91 Å². The SMILES string of the molecule is CCC(=O)N1Cc2ccccc2CC2(CCCN(Cc3ccc(O)cc3)C2)C1. The Kier molecular flexibility index (Phi) is 5.40. The number of aromatic hydroxyl groups is 1. The lowest BCUT2D eigenvalue weighted by Gasteiger charge is -2.44. The first kappa shape index (κ1) is 19.0. The molecule has 0 aliphatic carbocycles. The summed E-state index contributed by atoms with van der Waals surface area (Å²) in [5.41, 5.74) is 4.05. The van der Waals surface area contributed by atoms with E-state index in [1.807, 2.05) is 19.1 Å². The summed E-state index contributed by atoms with van der Waals surface area (Å²) >= 11 is 0. The van der Waals surface area contributed by atoms with E-state index >= 15 is 0 Å². The maximum absolute atomic E-state index is 12.6. The van der Waals surface area contributed by atoms with Gasteiger partial charge in [0.1, 0.15) is 5.75 Å². The van der Waals surface area contributed by atoms with E-state index in [2.05, 4.69) is 34.1 Å². The van der Waals surface area contributed by atoms with Gasteiger partial charge in [-0.15, -0.1) is 0 Å². The number of hydrogen-bond donors (Lipinski definition) is 1. The molecule has 1 fully saturated rings. The third-order valence-electron chi connectivity index (χ3n) is 6.31. The van der Waals surface area contributed by atoms with Crippen LogP contribution in [0.1, 0.15) is 42.9 Å². The molecule has 2 aliphatic rings. The van der Waals surface area contributed by atoms with E-state index in [4.69, 9.17) is 0 Å². The Morgan fingerprint density at radius 2 is 1.82 bits per heavy atom. The minimum Gasteiger partial charge on any atom is -0.508 e. The quantitative estimate of drug-likeness (QED) is 0.879. The fourth-order valence-corrected chi connectivity index (χ4v) is 4.99. The van der Waals surface area contributed by atoms with Crippen molar-refractivity contribution in [3.8, 4) is 5.75 Å². The Balaban J connectivity index is 1.58. The number of carbonyl (C=O) groups excluding carboxylic acids is 1. The lowest BCUT2D eigenvalue weighted by atomic mass is 9.74. The van der Waals surface area contributed by atoms with Crippen LogP contribution in [0.4, 0.5) is 0 Å². The normalized spacial score (nSPS) is 22.7. The van der Waals surface area contributed by atoms with Gasteiger partial charge in [0, 0.05) is 38.0 Å². The van der Waals surface area contributed by atoms with Gasteiger partial charge in [-0.25, -0.2) is 0 Å². The van der Waals surface area contributed by atoms with Gasteiger partial charge in [-0.3, -0.25) is 9.69 Å². The van der Waals surface area contributed by atoms with E-state index in [0.29, 0.717) is 12.2 Å². The monoisotopic (exact) mass is 378 g/mol. The zero-order chi connectivity index (χ0) is 19.6. The van der Waals surface area contributed by atoms with Crippen molar-refractivity contribution in [3.05, 3.63) is 65.2 Å². The molecular formula is C24H30N2O2. The van der Waals surface area contributed by atoms with Crippen LogP contribution >= 0.6 is 0 Å². The van der Waals surface area contributed by atoms with Crippen molar-refractivity contribution in [1.29, 1.82) is 0 Å². The third kappa shape index (κ3) is 4.07. The molecular weight excluding hydrogens is 348 g/mol. The molecule has 2 aromatic carbocycles. The Bertz CT molecular complexity index is 833. The van der Waals surface area contributed by atoms with Crippen LogP contribution < -0.4 is 0 Å². The second-order valence-corrected chi connectivity index (χ2v) is 8.53. The lowest BCUT2D eigenvalue weighted by molar-refractivity contribution is -0.133. The van der Waals surface area contributed by atoms with Crippen LogP contribution in [0.25, 0.3) is 0 Å². The van der Waals surface area contributed by atoms with Gasteiger partial charge in [-0.05, 0) is 54.6 Å². The summed E-state index contributed by atoms with van der Waals surface area (Å²) < 4.78 is 0. The Labute approximate surface area is 167 Å². The van der Waals surface area contributed by atoms with E-state index in [9.17, 15) is 9.90 Å². The molecule has 1 unspecified atom stereocenters. The first-order valence-corrected chi connectivity index (χ1v) is 10.4. The molecule has 148 valence electrons. The molecule has 28 heavy (non-hydrogen) atoms. The van der Waals surface area contributed by atoms with Crippen molar-refractivity contribution in [2.75, 3.05) is 19.6 Å². The van der Waals surface area contributed by atoms with Crippen molar-refractivity contribution in [1.82, 2.24) is 9.80 Å². The van der Waals surface area contributed by atoms with E-state index in [1.165, 1.54) is 23.1 Å². The highest BCUT2D eigenvalue weighted by Gasteiger charge is 2.40. The van der Waals surface area contributed by atoms with E-state index in [0.717, 1.165) is 45.6 Å². The number of phenolic OH excluding ortho intramolecular Hbond substituents is 1. The maximum atomic E-state index is 12.6. The van der Waals surface area contributed by atoms with Crippen LogP contribution in [-0.4, -0.2) is 40.4 Å². The number of carbonyl (C=O) groups is 1. The Hall–Kier alpha value is -2.33. The van der Waals surface area contributed by atoms with Gasteiger partial charge in [0.25, 0.3) is 0 Å². The van der Waals surface area contributed by atoms with Gasteiger partial charge < -0.3 is 10.0 Å². The van der Waals surface area contributed by atoms with Gasteiger partial charge in [0.2, 0.25) is 5.91 Å². The number of benzene rings is 2. The fourth-order valence-electron chi connectivity index (χ4n) is 4.99. The highest BCUT2D eigenvalue weighted by atomic mass is 16.3. The maximum Gasteiger partial charge on any atom is 0.222 e. The first-order chi connectivity index (χ1) is 13.6. The predicted molar refractivity (Wildman–Crippen MR) is 111 cm³/mol. The van der Waals surface area contributed by atoms with Crippen molar-refractivity contribution in [2.24, 2.45) is 5.41 Å². The number of amides is 1. The number of rotatable bonds is 3. The number of fused-ring (bicyclic) bond motifs is 1. The molecule has 1 spiro atoms. The Morgan fingerprint density at radius 1 is 1.07 bits per heavy atom. The highest BCUT2D eigenvalue weighted by Crippen LogP contribution is 2.39. The summed E-state index contributed by atoms with van der Waals surface area (Å²) in [6, 6.07) is 16.2. The molecule has 4 nitrogen and oxygen atoms in total. The second kappa shape index (κ2) is 7.96. The molecule has 2 aromatic rings. The molecule has 1 atom stereocenters. The van der Waals surface area contributed by atoms with E-state index in [1.54, 1.807) is 12.1 Å². The van der Waals surface area contributed by atoms with Crippen LogP contribution in [0, 0.1) is 5.41 Å². The topological polar surface area (TPSA) is 43.8 Å². The molecule has 0 radical (unpaired) electrons. The average molecular weight is 379 g/mol. The van der Waals surface area contributed by atoms with Crippen LogP contribution in [0.15, 0.2) is 48.5 Å². The summed E-state index contributed by atoms with van der Waals surface area (Å²) in [4.78, 5) is 17.3.